The molecule has 0 aromatic heterocycles. The maximum absolute atomic E-state index is 12.2. The molecule has 1 fully saturated rings. The molecule has 5 nitrogen and oxygen atoms in total. The number of ether oxygens (including phenoxy) is 2. The Bertz CT molecular complexity index is 792. The molecule has 0 radical (unpaired) electrons. The van der Waals surface area contributed by atoms with Gasteiger partial charge in [-0.1, -0.05) is 0 Å². The third-order valence-corrected chi connectivity index (χ3v) is 5.55. The molecule has 0 unspecified atom stereocenters. The molecular formula is C19H20N2O3S. The molecule has 0 saturated carbocycles. The highest BCUT2D eigenvalue weighted by Crippen LogP contribution is 2.34. The van der Waals surface area contributed by atoms with Gasteiger partial charge in [-0.2, -0.15) is 4.99 Å². The number of piperidine rings is 1. The van der Waals surface area contributed by atoms with Crippen molar-refractivity contribution in [2.75, 3.05) is 26.8 Å². The third kappa shape index (κ3) is 3.44. The predicted octanol–water partition coefficient (Wildman–Crippen LogP) is 3.47. The highest BCUT2D eigenvalue weighted by atomic mass is 32.2. The van der Waals surface area contributed by atoms with Gasteiger partial charge in [-0.25, -0.2) is 0 Å². The van der Waals surface area contributed by atoms with Crippen LogP contribution in [0, 0.1) is 0 Å². The van der Waals surface area contributed by atoms with Gasteiger partial charge in [0, 0.05) is 24.7 Å². The highest BCUT2D eigenvalue weighted by molar-refractivity contribution is 8.18. The average molecular weight is 356 g/mol. The predicted molar refractivity (Wildman–Crippen MR) is 100 cm³/mol. The van der Waals surface area contributed by atoms with Crippen molar-refractivity contribution in [3.63, 3.8) is 0 Å². The number of hydrogen-bond acceptors (Lipinski definition) is 5. The van der Waals surface area contributed by atoms with Crippen LogP contribution in [-0.2, 0) is 4.79 Å². The first-order valence-electron chi connectivity index (χ1n) is 8.52. The first-order valence-corrected chi connectivity index (χ1v) is 9.33. The number of hydrogen-bond donors (Lipinski definition) is 0. The van der Waals surface area contributed by atoms with Crippen LogP contribution in [0.2, 0.25) is 0 Å². The van der Waals surface area contributed by atoms with Gasteiger partial charge in [0.1, 0.15) is 18.1 Å². The van der Waals surface area contributed by atoms with E-state index in [-0.39, 0.29) is 5.91 Å². The van der Waals surface area contributed by atoms with E-state index in [4.69, 9.17) is 9.47 Å². The van der Waals surface area contributed by atoms with Crippen molar-refractivity contribution in [2.45, 2.75) is 19.3 Å². The van der Waals surface area contributed by atoms with E-state index in [0.29, 0.717) is 11.5 Å². The summed E-state index contributed by atoms with van der Waals surface area (Å²) in [7, 11) is 1.64. The summed E-state index contributed by atoms with van der Waals surface area (Å²) in [5.41, 5.74) is 1.97. The average Bonchev–Trinajstić information content (AvgIpc) is 3.02. The number of thioether (sulfide) groups is 1. The van der Waals surface area contributed by atoms with Crippen LogP contribution < -0.4 is 9.47 Å². The molecule has 4 rings (SSSR count). The van der Waals surface area contributed by atoms with Crippen molar-refractivity contribution in [2.24, 2.45) is 4.99 Å². The van der Waals surface area contributed by atoms with Gasteiger partial charge in [0.25, 0.3) is 5.91 Å². The summed E-state index contributed by atoms with van der Waals surface area (Å²) in [6.45, 7) is 2.43. The van der Waals surface area contributed by atoms with Crippen LogP contribution in [0.3, 0.4) is 0 Å². The lowest BCUT2D eigenvalue weighted by Crippen LogP contribution is -2.33. The summed E-state index contributed by atoms with van der Waals surface area (Å²) >= 11 is 1.48. The van der Waals surface area contributed by atoms with Crippen LogP contribution in [0.25, 0.3) is 6.08 Å². The lowest BCUT2D eigenvalue weighted by molar-refractivity contribution is -0.113. The minimum absolute atomic E-state index is 0.146. The largest absolute Gasteiger partial charge is 0.497 e. The smallest absolute Gasteiger partial charge is 0.286 e. The van der Waals surface area contributed by atoms with Gasteiger partial charge < -0.3 is 14.4 Å². The van der Waals surface area contributed by atoms with Crippen LogP contribution in [0.4, 0.5) is 0 Å². The molecule has 0 aliphatic carbocycles. The molecule has 3 aliphatic rings. The van der Waals surface area contributed by atoms with Crippen LogP contribution in [-0.4, -0.2) is 42.8 Å². The number of carbonyl (C=O) groups is 1. The molecular weight excluding hydrogens is 336 g/mol. The van der Waals surface area contributed by atoms with Gasteiger partial charge in [-0.3, -0.25) is 4.79 Å². The van der Waals surface area contributed by atoms with E-state index < -0.39 is 0 Å². The van der Waals surface area contributed by atoms with Crippen molar-refractivity contribution >= 4 is 28.9 Å². The van der Waals surface area contributed by atoms with Crippen LogP contribution >= 0.6 is 11.8 Å². The van der Waals surface area contributed by atoms with Crippen molar-refractivity contribution in [3.8, 4) is 11.5 Å². The summed E-state index contributed by atoms with van der Waals surface area (Å²) in [6.07, 6.45) is 7.57. The van der Waals surface area contributed by atoms with Gasteiger partial charge in [0.05, 0.1) is 12.0 Å². The lowest BCUT2D eigenvalue weighted by Gasteiger charge is -2.27. The summed E-state index contributed by atoms with van der Waals surface area (Å²) < 4.78 is 11.0. The van der Waals surface area contributed by atoms with Gasteiger partial charge in [-0.15, -0.1) is 0 Å². The van der Waals surface area contributed by atoms with Gasteiger partial charge in [0.15, 0.2) is 5.17 Å². The molecule has 0 N–H and O–H groups in total. The second-order valence-corrected chi connectivity index (χ2v) is 7.28. The number of likely N-dealkylation sites (tertiary alicyclic amines) is 1. The third-order valence-electron chi connectivity index (χ3n) is 4.51. The fraction of sp³-hybridized carbons (Fsp3) is 0.368. The summed E-state index contributed by atoms with van der Waals surface area (Å²) in [4.78, 5) is 19.4. The van der Waals surface area contributed by atoms with Crippen LogP contribution in [0.15, 0.2) is 39.7 Å². The number of methoxy groups -OCH3 is 1. The molecule has 6 heteroatoms. The molecule has 3 heterocycles. The minimum Gasteiger partial charge on any atom is -0.497 e. The number of benzene rings is 1. The first kappa shape index (κ1) is 16.3. The number of nitrogens with zero attached hydrogens (tertiary/aromatic N) is 2. The number of carbonyl (C=O) groups excluding carboxylic acids is 1. The molecule has 1 saturated heterocycles. The zero-order chi connectivity index (χ0) is 17.2. The van der Waals surface area contributed by atoms with E-state index in [1.54, 1.807) is 7.11 Å². The van der Waals surface area contributed by atoms with E-state index in [1.807, 2.05) is 24.3 Å². The Morgan fingerprint density at radius 3 is 2.92 bits per heavy atom. The summed E-state index contributed by atoms with van der Waals surface area (Å²) in [5.74, 6) is 1.43. The summed E-state index contributed by atoms with van der Waals surface area (Å²) in [5, 5.41) is 0.846. The fourth-order valence-electron chi connectivity index (χ4n) is 3.16. The van der Waals surface area contributed by atoms with Crippen LogP contribution in [0.1, 0.15) is 24.8 Å². The van der Waals surface area contributed by atoms with Crippen molar-refractivity contribution < 1.29 is 14.3 Å². The Kier molecular flexibility index (Phi) is 4.53. The van der Waals surface area contributed by atoms with E-state index in [2.05, 4.69) is 16.0 Å². The molecule has 0 atom stereocenters. The number of rotatable bonds is 2. The zero-order valence-corrected chi connectivity index (χ0v) is 15.0. The number of aliphatic imine (C=N–C) groups is 1. The number of amides is 1. The van der Waals surface area contributed by atoms with Crippen molar-refractivity contribution in [1.82, 2.24) is 4.90 Å². The van der Waals surface area contributed by atoms with Gasteiger partial charge in [0.2, 0.25) is 0 Å². The lowest BCUT2D eigenvalue weighted by atomic mass is 10.1. The Morgan fingerprint density at radius 1 is 1.28 bits per heavy atom. The molecule has 25 heavy (non-hydrogen) atoms. The molecule has 0 bridgehead atoms. The Labute approximate surface area is 151 Å². The second-order valence-electron chi connectivity index (χ2n) is 6.27. The van der Waals surface area contributed by atoms with E-state index in [0.717, 1.165) is 40.9 Å². The molecule has 1 amide bonds. The van der Waals surface area contributed by atoms with Crippen molar-refractivity contribution in [3.05, 3.63) is 40.3 Å². The first-order chi connectivity index (χ1) is 12.2. The molecule has 3 aliphatic heterocycles. The van der Waals surface area contributed by atoms with Gasteiger partial charge >= 0.3 is 0 Å². The highest BCUT2D eigenvalue weighted by Gasteiger charge is 2.27. The Hall–Kier alpha value is -2.21. The van der Waals surface area contributed by atoms with Crippen LogP contribution in [0.5, 0.6) is 11.5 Å². The monoisotopic (exact) mass is 356 g/mol. The number of fused-ring (bicyclic) bond motifs is 1. The van der Waals surface area contributed by atoms with E-state index in [9.17, 15) is 4.79 Å². The molecule has 1 aromatic carbocycles. The standard InChI is InChI=1S/C19H20N2O3S/c1-23-15-6-5-14-9-13(12-24-16(14)11-15)10-17-18(22)20-19(25-17)21-7-3-2-4-8-21/h5-6,9-11H,2-4,7-8,12H2,1H3/b17-10-. The van der Waals surface area contributed by atoms with E-state index in [1.165, 1.54) is 31.0 Å². The molecule has 0 spiro atoms. The molecule has 1 aromatic rings. The SMILES string of the molecule is COc1ccc2c(c1)OCC(/C=C1\SC(N3CCCCC3)=NC1=O)=C2. The maximum atomic E-state index is 12.2. The zero-order valence-electron chi connectivity index (χ0n) is 14.2. The minimum atomic E-state index is -0.146. The normalized spacial score (nSPS) is 21.6. The van der Waals surface area contributed by atoms with E-state index >= 15 is 0 Å². The second kappa shape index (κ2) is 6.96. The Morgan fingerprint density at radius 2 is 2.12 bits per heavy atom. The summed E-state index contributed by atoms with van der Waals surface area (Å²) in [6, 6.07) is 5.75. The van der Waals surface area contributed by atoms with Gasteiger partial charge in [-0.05, 0) is 60.9 Å². The quantitative estimate of drug-likeness (QED) is 0.760. The maximum Gasteiger partial charge on any atom is 0.286 e. The Balaban J connectivity index is 1.51. The number of amidine groups is 1. The molecule has 130 valence electrons. The fourth-order valence-corrected chi connectivity index (χ4v) is 4.14. The topological polar surface area (TPSA) is 51.1 Å². The van der Waals surface area contributed by atoms with Crippen molar-refractivity contribution in [1.29, 1.82) is 0 Å².